The molecule has 20 heavy (non-hydrogen) atoms. The first kappa shape index (κ1) is 14.5. The van der Waals surface area contributed by atoms with Crippen molar-refractivity contribution in [2.45, 2.75) is 37.1 Å². The molecule has 1 atom stereocenters. The second-order valence-corrected chi connectivity index (χ2v) is 6.71. The Morgan fingerprint density at radius 3 is 2.70 bits per heavy atom. The number of hydrogen-bond acceptors (Lipinski definition) is 4. The third kappa shape index (κ3) is 2.53. The van der Waals surface area contributed by atoms with Gasteiger partial charge < -0.3 is 0 Å². The summed E-state index contributed by atoms with van der Waals surface area (Å²) in [5.74, 6) is 0. The van der Waals surface area contributed by atoms with Crippen molar-refractivity contribution in [2.24, 2.45) is 0 Å². The molecule has 1 heterocycles. The minimum Gasteiger partial charge on any atom is -0.207 e. The standard InChI is InChI=1S/C14H15N3O2S/c1-11-5-6-12(9-15)8-14(11)20(18,19)17-7-3-2-4-13(17)10-16/h5-6,8,13H,2-4,7H2,1H3. The fraction of sp³-hybridized carbons (Fsp3) is 0.429. The van der Waals surface area contributed by atoms with Crippen molar-refractivity contribution in [3.63, 3.8) is 0 Å². The van der Waals surface area contributed by atoms with E-state index in [4.69, 9.17) is 10.5 Å². The van der Waals surface area contributed by atoms with Gasteiger partial charge in [0.05, 0.1) is 22.6 Å². The van der Waals surface area contributed by atoms with E-state index in [1.807, 2.05) is 6.07 Å². The molecule has 0 aromatic heterocycles. The predicted octanol–water partition coefficient (Wildman–Crippen LogP) is 1.93. The molecule has 0 bridgehead atoms. The lowest BCUT2D eigenvalue weighted by molar-refractivity contribution is 0.297. The first-order chi connectivity index (χ1) is 9.50. The van der Waals surface area contributed by atoms with E-state index in [2.05, 4.69) is 6.07 Å². The summed E-state index contributed by atoms with van der Waals surface area (Å²) in [6, 6.07) is 7.99. The molecule has 0 spiro atoms. The normalized spacial score (nSPS) is 20.1. The summed E-state index contributed by atoms with van der Waals surface area (Å²) in [4.78, 5) is 0.124. The van der Waals surface area contributed by atoms with Gasteiger partial charge in [0.25, 0.3) is 0 Å². The first-order valence-electron chi connectivity index (χ1n) is 6.43. The summed E-state index contributed by atoms with van der Waals surface area (Å²) in [5.41, 5.74) is 0.894. The van der Waals surface area contributed by atoms with Crippen LogP contribution >= 0.6 is 0 Å². The molecule has 1 aromatic rings. The molecule has 0 radical (unpaired) electrons. The zero-order chi connectivity index (χ0) is 14.8. The average Bonchev–Trinajstić information content (AvgIpc) is 2.47. The van der Waals surface area contributed by atoms with Crippen LogP contribution in [0.5, 0.6) is 0 Å². The van der Waals surface area contributed by atoms with Crippen molar-refractivity contribution in [1.29, 1.82) is 10.5 Å². The van der Waals surface area contributed by atoms with Crippen LogP contribution in [0.1, 0.15) is 30.4 Å². The van der Waals surface area contributed by atoms with Crippen LogP contribution in [0.15, 0.2) is 23.1 Å². The molecule has 1 aliphatic rings. The number of benzene rings is 1. The first-order valence-corrected chi connectivity index (χ1v) is 7.87. The number of nitriles is 2. The Balaban J connectivity index is 2.50. The minimum atomic E-state index is -3.73. The fourth-order valence-electron chi connectivity index (χ4n) is 2.40. The number of hydrogen-bond donors (Lipinski definition) is 0. The van der Waals surface area contributed by atoms with Crippen molar-refractivity contribution < 1.29 is 8.42 Å². The van der Waals surface area contributed by atoms with Gasteiger partial charge in [0, 0.05) is 6.54 Å². The van der Waals surface area contributed by atoms with Crippen LogP contribution in [0.2, 0.25) is 0 Å². The molecular formula is C14H15N3O2S. The molecule has 0 saturated carbocycles. The molecule has 2 rings (SSSR count). The maximum absolute atomic E-state index is 12.7. The van der Waals surface area contributed by atoms with Gasteiger partial charge >= 0.3 is 0 Å². The molecule has 0 N–H and O–H groups in total. The van der Waals surface area contributed by atoms with Crippen molar-refractivity contribution in [2.75, 3.05) is 6.54 Å². The van der Waals surface area contributed by atoms with E-state index in [9.17, 15) is 8.42 Å². The molecule has 1 saturated heterocycles. The van der Waals surface area contributed by atoms with Crippen LogP contribution in [0.25, 0.3) is 0 Å². The fourth-order valence-corrected chi connectivity index (χ4v) is 4.26. The van der Waals surface area contributed by atoms with Gasteiger partial charge in [-0.15, -0.1) is 0 Å². The van der Waals surface area contributed by atoms with Crippen LogP contribution in [0.4, 0.5) is 0 Å². The smallest absolute Gasteiger partial charge is 0.207 e. The minimum absolute atomic E-state index is 0.124. The average molecular weight is 289 g/mol. The van der Waals surface area contributed by atoms with Crippen LogP contribution < -0.4 is 0 Å². The van der Waals surface area contributed by atoms with Crippen LogP contribution in [-0.2, 0) is 10.0 Å². The van der Waals surface area contributed by atoms with Gasteiger partial charge in [-0.3, -0.25) is 0 Å². The summed E-state index contributed by atoms with van der Waals surface area (Å²) in [7, 11) is -3.73. The Labute approximate surface area is 119 Å². The highest BCUT2D eigenvalue weighted by Gasteiger charge is 2.34. The Morgan fingerprint density at radius 1 is 1.30 bits per heavy atom. The van der Waals surface area contributed by atoms with E-state index in [-0.39, 0.29) is 4.90 Å². The maximum atomic E-state index is 12.7. The third-order valence-corrected chi connectivity index (χ3v) is 5.56. The van der Waals surface area contributed by atoms with Crippen molar-refractivity contribution in [3.8, 4) is 12.1 Å². The predicted molar refractivity (Wildman–Crippen MR) is 73.0 cm³/mol. The second-order valence-electron chi connectivity index (χ2n) is 4.85. The van der Waals surface area contributed by atoms with Crippen molar-refractivity contribution in [1.82, 2.24) is 4.31 Å². The highest BCUT2D eigenvalue weighted by Crippen LogP contribution is 2.27. The Bertz CT molecular complexity index is 698. The summed E-state index contributed by atoms with van der Waals surface area (Å²) < 4.78 is 26.7. The Kier molecular flexibility index (Phi) is 4.08. The Morgan fingerprint density at radius 2 is 2.05 bits per heavy atom. The van der Waals surface area contributed by atoms with E-state index in [0.717, 1.165) is 12.8 Å². The summed E-state index contributed by atoms with van der Waals surface area (Å²) >= 11 is 0. The number of sulfonamides is 1. The molecule has 0 amide bonds. The highest BCUT2D eigenvalue weighted by molar-refractivity contribution is 7.89. The zero-order valence-electron chi connectivity index (χ0n) is 11.2. The molecule has 1 aliphatic heterocycles. The quantitative estimate of drug-likeness (QED) is 0.832. The summed E-state index contributed by atoms with van der Waals surface area (Å²) in [6.07, 6.45) is 2.18. The maximum Gasteiger partial charge on any atom is 0.244 e. The number of piperidine rings is 1. The highest BCUT2D eigenvalue weighted by atomic mass is 32.2. The molecule has 5 nitrogen and oxygen atoms in total. The van der Waals surface area contributed by atoms with E-state index < -0.39 is 16.1 Å². The number of aryl methyl sites for hydroxylation is 1. The van der Waals surface area contributed by atoms with E-state index >= 15 is 0 Å². The molecule has 104 valence electrons. The van der Waals surface area contributed by atoms with Gasteiger partial charge in [0.2, 0.25) is 10.0 Å². The zero-order valence-corrected chi connectivity index (χ0v) is 12.0. The largest absolute Gasteiger partial charge is 0.244 e. The molecule has 0 aliphatic carbocycles. The van der Waals surface area contributed by atoms with Crippen molar-refractivity contribution >= 4 is 10.0 Å². The molecule has 1 unspecified atom stereocenters. The summed E-state index contributed by atoms with van der Waals surface area (Å²) in [5, 5.41) is 18.0. The van der Waals surface area contributed by atoms with E-state index in [1.54, 1.807) is 19.1 Å². The molecular weight excluding hydrogens is 274 g/mol. The summed E-state index contributed by atoms with van der Waals surface area (Å²) in [6.45, 7) is 2.05. The van der Waals surface area contributed by atoms with Gasteiger partial charge in [-0.25, -0.2) is 8.42 Å². The topological polar surface area (TPSA) is 85.0 Å². The van der Waals surface area contributed by atoms with E-state index in [1.165, 1.54) is 10.4 Å². The Hall–Kier alpha value is -1.89. The van der Waals surface area contributed by atoms with Crippen LogP contribution in [-0.4, -0.2) is 25.3 Å². The van der Waals surface area contributed by atoms with Gasteiger partial charge in [0.1, 0.15) is 6.04 Å². The second kappa shape index (κ2) is 5.62. The monoisotopic (exact) mass is 289 g/mol. The number of rotatable bonds is 2. The molecule has 1 fully saturated rings. The molecule has 1 aromatic carbocycles. The van der Waals surface area contributed by atoms with Gasteiger partial charge in [-0.1, -0.05) is 6.07 Å². The SMILES string of the molecule is Cc1ccc(C#N)cc1S(=O)(=O)N1CCCCC1C#N. The lowest BCUT2D eigenvalue weighted by Crippen LogP contribution is -2.43. The molecule has 6 heteroatoms. The van der Waals surface area contributed by atoms with Crippen LogP contribution in [0, 0.1) is 29.6 Å². The van der Waals surface area contributed by atoms with Gasteiger partial charge in [-0.05, 0) is 43.9 Å². The lowest BCUT2D eigenvalue weighted by atomic mass is 10.1. The number of nitrogens with zero attached hydrogens (tertiary/aromatic N) is 3. The van der Waals surface area contributed by atoms with Crippen molar-refractivity contribution in [3.05, 3.63) is 29.3 Å². The lowest BCUT2D eigenvalue weighted by Gasteiger charge is -2.30. The van der Waals surface area contributed by atoms with Gasteiger partial charge in [-0.2, -0.15) is 14.8 Å². The van der Waals surface area contributed by atoms with Gasteiger partial charge in [0.15, 0.2) is 0 Å². The van der Waals surface area contributed by atoms with E-state index in [0.29, 0.717) is 24.1 Å². The third-order valence-electron chi connectivity index (χ3n) is 3.51. The van der Waals surface area contributed by atoms with Crippen LogP contribution in [0.3, 0.4) is 0 Å².